The van der Waals surface area contributed by atoms with E-state index in [1.807, 2.05) is 13.0 Å². The van der Waals surface area contributed by atoms with Gasteiger partial charge in [0, 0.05) is 4.90 Å². The van der Waals surface area contributed by atoms with Crippen LogP contribution >= 0.6 is 24.0 Å². The van der Waals surface area contributed by atoms with Gasteiger partial charge in [-0.05, 0) is 17.9 Å². The van der Waals surface area contributed by atoms with E-state index in [2.05, 4.69) is 0 Å². The highest BCUT2D eigenvalue weighted by atomic mass is 32.2. The van der Waals surface area contributed by atoms with Gasteiger partial charge in [0.1, 0.15) is 10.7 Å². The Morgan fingerprint density at radius 1 is 1.62 bits per heavy atom. The fourth-order valence-electron chi connectivity index (χ4n) is 1.04. The molecule has 0 heterocycles. The van der Waals surface area contributed by atoms with E-state index in [1.165, 1.54) is 0 Å². The van der Waals surface area contributed by atoms with Crippen LogP contribution in [0, 0.1) is 0 Å². The monoisotopic (exact) mass is 213 g/mol. The highest BCUT2D eigenvalue weighted by Gasteiger charge is 2.09. The lowest BCUT2D eigenvalue weighted by Crippen LogP contribution is -2.10. The minimum atomic E-state index is 0.158. The molecule has 0 saturated heterocycles. The predicted octanol–water partition coefficient (Wildman–Crippen LogP) is 2.14. The summed E-state index contributed by atoms with van der Waals surface area (Å²) >= 11 is 6.47. The summed E-state index contributed by atoms with van der Waals surface area (Å²) in [7, 11) is 0. The van der Waals surface area contributed by atoms with Crippen LogP contribution in [0.1, 0.15) is 12.5 Å². The molecule has 0 saturated carbocycles. The summed E-state index contributed by atoms with van der Waals surface area (Å²) in [6, 6.07) is 5.28. The van der Waals surface area contributed by atoms with Gasteiger partial charge in [-0.3, -0.25) is 0 Å². The van der Waals surface area contributed by atoms with E-state index in [9.17, 15) is 5.11 Å². The first-order chi connectivity index (χ1) is 6.16. The first kappa shape index (κ1) is 10.3. The molecule has 0 aliphatic heterocycles. The maximum atomic E-state index is 9.51. The molecular formula is C9H11NOS2. The zero-order chi connectivity index (χ0) is 9.84. The van der Waals surface area contributed by atoms with Crippen molar-refractivity contribution in [3.63, 3.8) is 0 Å². The molecule has 1 rings (SSSR count). The second kappa shape index (κ2) is 4.48. The molecule has 0 spiro atoms. The molecule has 0 fully saturated rings. The Labute approximate surface area is 87.1 Å². The van der Waals surface area contributed by atoms with Crippen LogP contribution in [0.15, 0.2) is 23.1 Å². The third kappa shape index (κ3) is 2.35. The van der Waals surface area contributed by atoms with Gasteiger partial charge in [-0.2, -0.15) is 0 Å². The SMILES string of the molecule is CCSc1cccc(O)c1C(N)=S. The number of thiocarbonyl (C=S) groups is 1. The van der Waals surface area contributed by atoms with Crippen LogP contribution in [0.25, 0.3) is 0 Å². The number of nitrogens with two attached hydrogens (primary N) is 1. The smallest absolute Gasteiger partial charge is 0.126 e. The lowest BCUT2D eigenvalue weighted by Gasteiger charge is -2.07. The molecule has 0 unspecified atom stereocenters. The van der Waals surface area contributed by atoms with Crippen molar-refractivity contribution in [3.05, 3.63) is 23.8 Å². The molecule has 70 valence electrons. The Balaban J connectivity index is 3.17. The number of hydrogen-bond donors (Lipinski definition) is 2. The van der Waals surface area contributed by atoms with E-state index in [4.69, 9.17) is 18.0 Å². The summed E-state index contributed by atoms with van der Waals surface area (Å²) in [6.07, 6.45) is 0. The van der Waals surface area contributed by atoms with E-state index < -0.39 is 0 Å². The molecule has 13 heavy (non-hydrogen) atoms. The van der Waals surface area contributed by atoms with Gasteiger partial charge in [0.05, 0.1) is 5.56 Å². The fourth-order valence-corrected chi connectivity index (χ4v) is 2.17. The number of rotatable bonds is 3. The second-order valence-corrected chi connectivity index (χ2v) is 4.19. The zero-order valence-corrected chi connectivity index (χ0v) is 8.91. The van der Waals surface area contributed by atoms with Gasteiger partial charge in [-0.15, -0.1) is 11.8 Å². The van der Waals surface area contributed by atoms with Gasteiger partial charge in [0.2, 0.25) is 0 Å². The van der Waals surface area contributed by atoms with Crippen LogP contribution < -0.4 is 5.73 Å². The van der Waals surface area contributed by atoms with E-state index >= 15 is 0 Å². The highest BCUT2D eigenvalue weighted by molar-refractivity contribution is 7.99. The summed E-state index contributed by atoms with van der Waals surface area (Å²) < 4.78 is 0. The molecule has 0 aliphatic carbocycles. The first-order valence-corrected chi connectivity index (χ1v) is 5.30. The van der Waals surface area contributed by atoms with Gasteiger partial charge in [0.25, 0.3) is 0 Å². The number of hydrogen-bond acceptors (Lipinski definition) is 3. The normalized spacial score (nSPS) is 9.92. The van der Waals surface area contributed by atoms with Crippen LogP contribution in [-0.4, -0.2) is 15.8 Å². The third-order valence-corrected chi connectivity index (χ3v) is 2.69. The van der Waals surface area contributed by atoms with Crippen molar-refractivity contribution in [2.45, 2.75) is 11.8 Å². The predicted molar refractivity (Wildman–Crippen MR) is 60.4 cm³/mol. The second-order valence-electron chi connectivity index (χ2n) is 2.45. The van der Waals surface area contributed by atoms with Crippen LogP contribution in [-0.2, 0) is 0 Å². The van der Waals surface area contributed by atoms with Crippen molar-refractivity contribution >= 4 is 29.0 Å². The number of benzene rings is 1. The zero-order valence-electron chi connectivity index (χ0n) is 7.28. The molecule has 1 aromatic carbocycles. The number of aromatic hydroxyl groups is 1. The molecule has 1 aromatic rings. The molecule has 0 bridgehead atoms. The standard InChI is InChI=1S/C9H11NOS2/c1-2-13-7-5-3-4-6(11)8(7)9(10)12/h3-5,11H,2H2,1H3,(H2,10,12). The summed E-state index contributed by atoms with van der Waals surface area (Å²) in [4.78, 5) is 1.18. The van der Waals surface area contributed by atoms with Gasteiger partial charge in [-0.1, -0.05) is 25.2 Å². The summed E-state index contributed by atoms with van der Waals surface area (Å²) in [5.74, 6) is 1.09. The molecule has 0 radical (unpaired) electrons. The van der Waals surface area contributed by atoms with Gasteiger partial charge in [0.15, 0.2) is 0 Å². The Morgan fingerprint density at radius 2 is 2.31 bits per heavy atom. The first-order valence-electron chi connectivity index (χ1n) is 3.91. The van der Waals surface area contributed by atoms with Gasteiger partial charge in [-0.25, -0.2) is 0 Å². The maximum absolute atomic E-state index is 9.51. The Kier molecular flexibility index (Phi) is 3.57. The topological polar surface area (TPSA) is 46.2 Å². The lowest BCUT2D eigenvalue weighted by molar-refractivity contribution is 0.472. The summed E-state index contributed by atoms with van der Waals surface area (Å²) in [5.41, 5.74) is 6.09. The molecule has 3 N–H and O–H groups in total. The van der Waals surface area contributed by atoms with Crippen molar-refractivity contribution in [2.75, 3.05) is 5.75 Å². The van der Waals surface area contributed by atoms with Crippen LogP contribution in [0.3, 0.4) is 0 Å². The van der Waals surface area contributed by atoms with E-state index in [1.54, 1.807) is 23.9 Å². The molecule has 0 aliphatic rings. The Morgan fingerprint density at radius 3 is 2.85 bits per heavy atom. The van der Waals surface area contributed by atoms with Crippen molar-refractivity contribution in [1.29, 1.82) is 0 Å². The Hall–Kier alpha value is -0.740. The average molecular weight is 213 g/mol. The van der Waals surface area contributed by atoms with Gasteiger partial charge >= 0.3 is 0 Å². The molecule has 0 aromatic heterocycles. The maximum Gasteiger partial charge on any atom is 0.126 e. The lowest BCUT2D eigenvalue weighted by atomic mass is 10.2. The summed E-state index contributed by atoms with van der Waals surface area (Å²) in [6.45, 7) is 2.04. The Bertz CT molecular complexity index is 325. The van der Waals surface area contributed by atoms with Crippen molar-refractivity contribution in [2.24, 2.45) is 5.73 Å². The van der Waals surface area contributed by atoms with Gasteiger partial charge < -0.3 is 10.8 Å². The minimum Gasteiger partial charge on any atom is -0.507 e. The van der Waals surface area contributed by atoms with E-state index in [-0.39, 0.29) is 10.7 Å². The minimum absolute atomic E-state index is 0.158. The molecular weight excluding hydrogens is 202 g/mol. The summed E-state index contributed by atoms with van der Waals surface area (Å²) in [5, 5.41) is 9.51. The third-order valence-electron chi connectivity index (χ3n) is 1.55. The molecule has 2 nitrogen and oxygen atoms in total. The highest BCUT2D eigenvalue weighted by Crippen LogP contribution is 2.28. The largest absolute Gasteiger partial charge is 0.507 e. The average Bonchev–Trinajstić information content (AvgIpc) is 2.04. The molecule has 4 heteroatoms. The number of thioether (sulfide) groups is 1. The van der Waals surface area contributed by atoms with Crippen LogP contribution in [0.2, 0.25) is 0 Å². The quantitative estimate of drug-likeness (QED) is 0.596. The van der Waals surface area contributed by atoms with Crippen LogP contribution in [0.5, 0.6) is 5.75 Å². The number of phenols is 1. The van der Waals surface area contributed by atoms with Crippen molar-refractivity contribution < 1.29 is 5.11 Å². The van der Waals surface area contributed by atoms with Crippen molar-refractivity contribution in [1.82, 2.24) is 0 Å². The number of phenolic OH excluding ortho intramolecular Hbond substituents is 1. The van der Waals surface area contributed by atoms with E-state index in [0.29, 0.717) is 5.56 Å². The van der Waals surface area contributed by atoms with E-state index in [0.717, 1.165) is 10.6 Å². The fraction of sp³-hybridized carbons (Fsp3) is 0.222. The van der Waals surface area contributed by atoms with Crippen LogP contribution in [0.4, 0.5) is 0 Å². The molecule has 0 atom stereocenters. The van der Waals surface area contributed by atoms with Crippen molar-refractivity contribution in [3.8, 4) is 5.75 Å². The molecule has 0 amide bonds.